The molecule has 2 fully saturated rings. The minimum absolute atomic E-state index is 0.0419. The van der Waals surface area contributed by atoms with E-state index in [1.807, 2.05) is 29.2 Å². The molecule has 33 heavy (non-hydrogen) atoms. The molecule has 0 bridgehead atoms. The second-order valence-corrected chi connectivity index (χ2v) is 8.50. The number of aromatic nitrogens is 1. The van der Waals surface area contributed by atoms with E-state index in [1.54, 1.807) is 9.80 Å². The van der Waals surface area contributed by atoms with Gasteiger partial charge in [-0.3, -0.25) is 9.59 Å². The summed E-state index contributed by atoms with van der Waals surface area (Å²) in [6.07, 6.45) is -1.84. The molecule has 176 valence electrons. The number of amides is 2. The van der Waals surface area contributed by atoms with Crippen LogP contribution < -0.4 is 9.80 Å². The average Bonchev–Trinajstić information content (AvgIpc) is 3.03. The molecule has 2 aliphatic heterocycles. The smallest absolute Gasteiger partial charge is 0.355 e. The van der Waals surface area contributed by atoms with E-state index in [1.165, 1.54) is 6.07 Å². The molecule has 9 heteroatoms. The molecule has 2 aliphatic rings. The van der Waals surface area contributed by atoms with Gasteiger partial charge < -0.3 is 14.7 Å². The second kappa shape index (κ2) is 9.41. The number of rotatable bonds is 4. The summed E-state index contributed by atoms with van der Waals surface area (Å²) in [6, 6.07) is 10.2. The van der Waals surface area contributed by atoms with E-state index >= 15 is 0 Å². The van der Waals surface area contributed by atoms with Crippen LogP contribution in [0.2, 0.25) is 0 Å². The van der Waals surface area contributed by atoms with E-state index in [4.69, 9.17) is 0 Å². The summed E-state index contributed by atoms with van der Waals surface area (Å²) in [5.41, 5.74) is 1.18. The summed E-state index contributed by atoms with van der Waals surface area (Å²) in [7, 11) is 0. The van der Waals surface area contributed by atoms with Crippen molar-refractivity contribution in [1.29, 1.82) is 0 Å². The van der Waals surface area contributed by atoms with Crippen LogP contribution in [0, 0.1) is 5.92 Å². The van der Waals surface area contributed by atoms with Crippen LogP contribution in [-0.4, -0.2) is 54.4 Å². The Hall–Kier alpha value is -3.10. The second-order valence-electron chi connectivity index (χ2n) is 8.50. The minimum atomic E-state index is -4.42. The number of pyridine rings is 1. The van der Waals surface area contributed by atoms with Gasteiger partial charge in [-0.25, -0.2) is 4.98 Å². The highest BCUT2D eigenvalue weighted by molar-refractivity contribution is 6.00. The molecule has 3 heterocycles. The van der Waals surface area contributed by atoms with Crippen molar-refractivity contribution in [2.45, 2.75) is 32.4 Å². The van der Waals surface area contributed by atoms with Gasteiger partial charge in [0.25, 0.3) is 0 Å². The lowest BCUT2D eigenvalue weighted by Crippen LogP contribution is -2.40. The van der Waals surface area contributed by atoms with Crippen molar-refractivity contribution in [3.8, 4) is 0 Å². The quantitative estimate of drug-likeness (QED) is 0.698. The van der Waals surface area contributed by atoms with E-state index in [0.29, 0.717) is 45.0 Å². The van der Waals surface area contributed by atoms with E-state index in [-0.39, 0.29) is 18.2 Å². The van der Waals surface area contributed by atoms with Crippen LogP contribution in [0.1, 0.15) is 30.9 Å². The number of carbonyl (C=O) groups excluding carboxylic acids is 2. The zero-order chi connectivity index (χ0) is 23.6. The molecule has 1 atom stereocenters. The predicted octanol–water partition coefficient (Wildman–Crippen LogP) is 3.75. The van der Waals surface area contributed by atoms with Crippen molar-refractivity contribution < 1.29 is 22.8 Å². The van der Waals surface area contributed by atoms with Gasteiger partial charge in [-0.1, -0.05) is 19.1 Å². The third-order valence-electron chi connectivity index (χ3n) is 6.31. The number of carbonyl (C=O) groups is 2. The topological polar surface area (TPSA) is 56.8 Å². The number of hydrogen-bond acceptors (Lipinski definition) is 4. The minimum Gasteiger partial charge on any atom is -0.355 e. The molecule has 0 aliphatic carbocycles. The largest absolute Gasteiger partial charge is 0.417 e. The van der Waals surface area contributed by atoms with Gasteiger partial charge in [0, 0.05) is 51.0 Å². The average molecular weight is 461 g/mol. The Balaban J connectivity index is 1.38. The summed E-state index contributed by atoms with van der Waals surface area (Å²) in [5, 5.41) is 0. The first kappa shape index (κ1) is 23.1. The Morgan fingerprint density at radius 1 is 1.12 bits per heavy atom. The molecule has 0 spiro atoms. The van der Waals surface area contributed by atoms with Gasteiger partial charge in [0.15, 0.2) is 0 Å². The molecule has 1 aromatic heterocycles. The lowest BCUT2D eigenvalue weighted by molar-refractivity contribution is -0.138. The van der Waals surface area contributed by atoms with Crippen LogP contribution in [-0.2, 0) is 22.2 Å². The first-order chi connectivity index (χ1) is 15.8. The zero-order valence-corrected chi connectivity index (χ0v) is 18.5. The van der Waals surface area contributed by atoms with E-state index in [2.05, 4.69) is 11.9 Å². The highest BCUT2D eigenvalue weighted by Crippen LogP contribution is 2.30. The Morgan fingerprint density at radius 3 is 2.64 bits per heavy atom. The summed E-state index contributed by atoms with van der Waals surface area (Å²) >= 11 is 0. The molecule has 1 aromatic carbocycles. The summed E-state index contributed by atoms with van der Waals surface area (Å²) in [5.74, 6) is -0.0134. The molecule has 6 nitrogen and oxygen atoms in total. The molecular weight excluding hydrogens is 433 g/mol. The predicted molar refractivity (Wildman–Crippen MR) is 119 cm³/mol. The van der Waals surface area contributed by atoms with Crippen LogP contribution in [0.25, 0.3) is 0 Å². The molecule has 2 aromatic rings. The first-order valence-corrected chi connectivity index (χ1v) is 11.2. The van der Waals surface area contributed by atoms with Crippen molar-refractivity contribution in [3.63, 3.8) is 0 Å². The van der Waals surface area contributed by atoms with Crippen molar-refractivity contribution in [3.05, 3.63) is 53.7 Å². The van der Waals surface area contributed by atoms with Gasteiger partial charge in [0.1, 0.15) is 5.82 Å². The first-order valence-electron chi connectivity index (χ1n) is 11.2. The van der Waals surface area contributed by atoms with Gasteiger partial charge in [-0.15, -0.1) is 0 Å². The number of hydrogen-bond donors (Lipinski definition) is 0. The highest BCUT2D eigenvalue weighted by Gasteiger charge is 2.37. The van der Waals surface area contributed by atoms with E-state index < -0.39 is 17.7 Å². The maximum Gasteiger partial charge on any atom is 0.417 e. The van der Waals surface area contributed by atoms with Gasteiger partial charge >= 0.3 is 6.18 Å². The van der Waals surface area contributed by atoms with Crippen molar-refractivity contribution >= 4 is 23.3 Å². The van der Waals surface area contributed by atoms with Gasteiger partial charge in [-0.2, -0.15) is 13.2 Å². The summed E-state index contributed by atoms with van der Waals surface area (Å²) in [6.45, 7) is 4.49. The van der Waals surface area contributed by atoms with E-state index in [9.17, 15) is 22.8 Å². The number of alkyl halides is 3. The molecule has 0 N–H and O–H groups in total. The van der Waals surface area contributed by atoms with E-state index in [0.717, 1.165) is 29.9 Å². The van der Waals surface area contributed by atoms with Crippen molar-refractivity contribution in [2.24, 2.45) is 5.92 Å². The Kier molecular flexibility index (Phi) is 6.58. The number of aryl methyl sites for hydroxylation is 1. The van der Waals surface area contributed by atoms with Crippen LogP contribution >= 0.6 is 0 Å². The third-order valence-corrected chi connectivity index (χ3v) is 6.31. The zero-order valence-electron chi connectivity index (χ0n) is 18.5. The molecule has 0 radical (unpaired) electrons. The normalized spacial score (nSPS) is 19.7. The van der Waals surface area contributed by atoms with Crippen LogP contribution in [0.5, 0.6) is 0 Å². The maximum atomic E-state index is 13.2. The van der Waals surface area contributed by atoms with Crippen LogP contribution in [0.3, 0.4) is 0 Å². The molecule has 2 saturated heterocycles. The monoisotopic (exact) mass is 460 g/mol. The van der Waals surface area contributed by atoms with Gasteiger partial charge in [0.05, 0.1) is 11.5 Å². The molecule has 0 saturated carbocycles. The van der Waals surface area contributed by atoms with Crippen LogP contribution in [0.4, 0.5) is 24.7 Å². The van der Waals surface area contributed by atoms with Gasteiger partial charge in [-0.05, 0) is 42.7 Å². The molecular formula is C24H27F3N4O2. The Morgan fingerprint density at radius 2 is 1.94 bits per heavy atom. The molecule has 4 rings (SSSR count). The SMILES string of the molecule is CCc1cccc(N2CC(C(=O)N3CCCN(c4ccc(C(F)(F)F)cn4)CC3)CC2=O)c1. The number of anilines is 2. The fourth-order valence-corrected chi connectivity index (χ4v) is 4.43. The lowest BCUT2D eigenvalue weighted by atomic mass is 10.1. The third kappa shape index (κ3) is 5.12. The lowest BCUT2D eigenvalue weighted by Gasteiger charge is -2.25. The summed E-state index contributed by atoms with van der Waals surface area (Å²) < 4.78 is 38.4. The van der Waals surface area contributed by atoms with Crippen molar-refractivity contribution in [2.75, 3.05) is 42.5 Å². The maximum absolute atomic E-state index is 13.2. The Bertz CT molecular complexity index is 1010. The summed E-state index contributed by atoms with van der Waals surface area (Å²) in [4.78, 5) is 35.2. The molecule has 1 unspecified atom stereocenters. The van der Waals surface area contributed by atoms with Crippen LogP contribution in [0.15, 0.2) is 42.6 Å². The highest BCUT2D eigenvalue weighted by atomic mass is 19.4. The van der Waals surface area contributed by atoms with Gasteiger partial charge in [0.2, 0.25) is 11.8 Å². The number of nitrogens with zero attached hydrogens (tertiary/aromatic N) is 4. The fourth-order valence-electron chi connectivity index (χ4n) is 4.43. The number of benzene rings is 1. The standard InChI is InChI=1S/C24H27F3N4O2/c1-2-17-5-3-6-20(13-17)31-16-18(14-22(31)32)23(33)30-10-4-9-29(11-12-30)21-8-7-19(15-28-21)24(25,26)27/h3,5-8,13,15,18H,2,4,9-12,14,16H2,1H3. The Labute approximate surface area is 191 Å². The van der Waals surface area contributed by atoms with Crippen molar-refractivity contribution in [1.82, 2.24) is 9.88 Å². The number of halogens is 3. The fraction of sp³-hybridized carbons (Fsp3) is 0.458. The molecule has 2 amide bonds.